The van der Waals surface area contributed by atoms with Gasteiger partial charge in [0.15, 0.2) is 19.4 Å². The van der Waals surface area contributed by atoms with Gasteiger partial charge < -0.3 is 0 Å². The van der Waals surface area contributed by atoms with Gasteiger partial charge in [-0.3, -0.25) is 0 Å². The first-order chi connectivity index (χ1) is 5.36. The predicted octanol–water partition coefficient (Wildman–Crippen LogP) is 0.217. The molecule has 0 aromatic carbocycles. The molecule has 1 aliphatic heterocycles. The summed E-state index contributed by atoms with van der Waals surface area (Å²) in [7, 11) is -5.49. The second-order valence-corrected chi connectivity index (χ2v) is 7.43. The van der Waals surface area contributed by atoms with Gasteiger partial charge in [-0.15, -0.1) is 0 Å². The van der Waals surface area contributed by atoms with Gasteiger partial charge in [0.2, 0.25) is 0 Å². The Balaban J connectivity index is -0.000000180. The first-order valence-electron chi connectivity index (χ1n) is 2.94. The largest absolute Gasteiger partial charge is 0.510 e. The van der Waals surface area contributed by atoms with E-state index in [9.17, 15) is 21.6 Å². The molecule has 16 heavy (non-hydrogen) atoms. The summed E-state index contributed by atoms with van der Waals surface area (Å²) in [6.45, 7) is 0. The van der Waals surface area contributed by atoms with E-state index in [2.05, 4.69) is 0 Å². The van der Waals surface area contributed by atoms with Gasteiger partial charge in [-0.25, -0.2) is 12.1 Å². The summed E-state index contributed by atoms with van der Waals surface area (Å²) in [6.07, 6.45) is 0. The first kappa shape index (κ1) is 28.7. The van der Waals surface area contributed by atoms with Crippen LogP contribution in [0.1, 0.15) is 0 Å². The van der Waals surface area contributed by atoms with Crippen LogP contribution in [0.25, 0.3) is 0 Å². The van der Waals surface area contributed by atoms with Crippen molar-refractivity contribution < 1.29 is 152 Å². The molecule has 8 radical (unpaired) electrons. The SMILES string of the molecule is O=S(=O)(N1[Si]CC[Si]1)C(F)(F)F.[Y].[Y].[Y].[Y]. The quantitative estimate of drug-likeness (QED) is 0.413. The average molecular weight is 587 g/mol. The third-order valence-corrected chi connectivity index (χ3v) is 7.42. The van der Waals surface area contributed by atoms with Crippen LogP contribution in [0.2, 0.25) is 12.1 Å². The van der Waals surface area contributed by atoms with Crippen LogP contribution in [0, 0.1) is 0 Å². The molecule has 1 aliphatic rings. The molecule has 1 fully saturated rings. The van der Waals surface area contributed by atoms with Gasteiger partial charge >= 0.3 is 15.5 Å². The van der Waals surface area contributed by atoms with Crippen LogP contribution in [-0.4, -0.2) is 36.9 Å². The van der Waals surface area contributed by atoms with E-state index in [1.165, 1.54) is 0 Å². The molecule has 0 N–H and O–H groups in total. The summed E-state index contributed by atoms with van der Waals surface area (Å²) in [5, 5.41) is 0. The van der Waals surface area contributed by atoms with Crippen molar-refractivity contribution in [3.8, 4) is 0 Å². The topological polar surface area (TPSA) is 37.4 Å². The molecule has 1 saturated heterocycles. The summed E-state index contributed by atoms with van der Waals surface area (Å²) in [6, 6.07) is 1.10. The van der Waals surface area contributed by atoms with Crippen molar-refractivity contribution in [3.63, 3.8) is 0 Å². The van der Waals surface area contributed by atoms with Crippen molar-refractivity contribution in [1.29, 1.82) is 0 Å². The van der Waals surface area contributed by atoms with E-state index in [1.54, 1.807) is 0 Å². The van der Waals surface area contributed by atoms with Crippen LogP contribution >= 0.6 is 0 Å². The van der Waals surface area contributed by atoms with Crippen LogP contribution in [0.15, 0.2) is 0 Å². The van der Waals surface area contributed by atoms with Gasteiger partial charge in [0, 0.05) is 131 Å². The number of halogens is 3. The molecule has 0 bridgehead atoms. The van der Waals surface area contributed by atoms with E-state index in [0.717, 1.165) is 0 Å². The van der Waals surface area contributed by atoms with Gasteiger partial charge in [0.05, 0.1) is 0 Å². The summed E-state index contributed by atoms with van der Waals surface area (Å²) in [5.74, 6) is 0. The number of hydrogen-bond acceptors (Lipinski definition) is 2. The minimum atomic E-state index is -5.13. The number of sulfonamides is 1. The van der Waals surface area contributed by atoms with Crippen LogP contribution in [0.5, 0.6) is 0 Å². The fourth-order valence-corrected chi connectivity index (χ4v) is 5.80. The van der Waals surface area contributed by atoms with E-state index in [4.69, 9.17) is 0 Å². The molecular weight excluding hydrogens is 583 g/mol. The summed E-state index contributed by atoms with van der Waals surface area (Å²) >= 11 is 0. The van der Waals surface area contributed by atoms with Gasteiger partial charge in [-0.05, 0) is 12.1 Å². The minimum absolute atomic E-state index is 0. The number of rotatable bonds is 1. The zero-order valence-corrected chi connectivity index (χ0v) is 22.2. The molecule has 1 heterocycles. The number of hydrogen-bond donors (Lipinski definition) is 0. The Labute approximate surface area is 198 Å². The molecule has 0 amide bonds. The van der Waals surface area contributed by atoms with E-state index < -0.39 is 15.5 Å². The van der Waals surface area contributed by atoms with Crippen LogP contribution in [0.4, 0.5) is 13.2 Å². The molecule has 0 aromatic heterocycles. The molecule has 3 nitrogen and oxygen atoms in total. The molecule has 1 rings (SSSR count). The molecule has 0 unspecified atom stereocenters. The van der Waals surface area contributed by atoms with Crippen molar-refractivity contribution in [2.75, 3.05) is 0 Å². The second-order valence-electron chi connectivity index (χ2n) is 2.03. The fraction of sp³-hybridized carbons (Fsp3) is 1.00. The minimum Gasteiger partial charge on any atom is -0.241 e. The number of alkyl halides is 3. The van der Waals surface area contributed by atoms with Crippen molar-refractivity contribution in [3.05, 3.63) is 0 Å². The Hall–Kier alpha value is 4.55. The molecule has 0 aromatic rings. The first-order valence-corrected chi connectivity index (χ1v) is 6.69. The van der Waals surface area contributed by atoms with Crippen molar-refractivity contribution in [2.45, 2.75) is 17.6 Å². The maximum absolute atomic E-state index is 11.9. The summed E-state index contributed by atoms with van der Waals surface area (Å²) < 4.78 is 57.5. The van der Waals surface area contributed by atoms with Crippen LogP contribution in [0.3, 0.4) is 0 Å². The van der Waals surface area contributed by atoms with E-state index in [-0.39, 0.29) is 150 Å². The zero-order valence-electron chi connectivity index (χ0n) is 8.03. The van der Waals surface area contributed by atoms with Gasteiger partial charge in [0.1, 0.15) is 0 Å². The van der Waals surface area contributed by atoms with Crippen molar-refractivity contribution in [2.24, 2.45) is 0 Å². The maximum Gasteiger partial charge on any atom is 0.510 e. The maximum atomic E-state index is 11.9. The molecule has 13 heteroatoms. The molecule has 0 spiro atoms. The van der Waals surface area contributed by atoms with E-state index in [1.807, 2.05) is 0 Å². The van der Waals surface area contributed by atoms with E-state index in [0.29, 0.717) is 15.7 Å². The Morgan fingerprint density at radius 2 is 1.25 bits per heavy atom. The predicted molar refractivity (Wildman–Crippen MR) is 37.9 cm³/mol. The molecule has 80 valence electrons. The van der Waals surface area contributed by atoms with Gasteiger partial charge in [-0.1, -0.05) is 0 Å². The Bertz CT molecular complexity index is 270. The molecule has 0 atom stereocenters. The van der Waals surface area contributed by atoms with Gasteiger partial charge in [0.25, 0.3) is 0 Å². The zero-order chi connectivity index (χ0) is 9.41. The van der Waals surface area contributed by atoms with Crippen molar-refractivity contribution in [1.82, 2.24) is 3.64 Å². The van der Waals surface area contributed by atoms with Crippen molar-refractivity contribution >= 4 is 29.4 Å². The standard InChI is InChI=1S/C3H4F3NO2SSi2.4Y/c4-3(5,6)10(8,9)7-11-1-2-12-7;;;;/h1-2H2;;;;. The van der Waals surface area contributed by atoms with Crippen LogP contribution < -0.4 is 0 Å². The Morgan fingerprint density at radius 3 is 1.50 bits per heavy atom. The third-order valence-electron chi connectivity index (χ3n) is 1.17. The summed E-state index contributed by atoms with van der Waals surface area (Å²) in [4.78, 5) is 0. The van der Waals surface area contributed by atoms with E-state index >= 15 is 0 Å². The third kappa shape index (κ3) is 8.10. The second kappa shape index (κ2) is 12.1. The molecule has 0 saturated carbocycles. The molecule has 0 aliphatic carbocycles. The average Bonchev–Trinajstić information content (AvgIpc) is 2.34. The smallest absolute Gasteiger partial charge is 0.241 e. The monoisotopic (exact) mass is 587 g/mol. The normalized spacial score (nSPS) is 16.2. The summed E-state index contributed by atoms with van der Waals surface area (Å²) in [5.41, 5.74) is -5.13. The molecular formula is C3H4F3NO2SSi2Y4. The fourth-order valence-electron chi connectivity index (χ4n) is 0.644. The Kier molecular flexibility index (Phi) is 21.7. The Morgan fingerprint density at radius 1 is 0.938 bits per heavy atom. The van der Waals surface area contributed by atoms with Gasteiger partial charge in [-0.2, -0.15) is 13.2 Å². The number of nitrogens with zero attached hydrogens (tertiary/aromatic N) is 1. The van der Waals surface area contributed by atoms with Crippen LogP contribution in [-0.2, 0) is 141 Å².